The van der Waals surface area contributed by atoms with Crippen molar-refractivity contribution in [2.75, 3.05) is 0 Å². The van der Waals surface area contributed by atoms with Gasteiger partial charge in [0, 0.05) is 0 Å². The van der Waals surface area contributed by atoms with Crippen molar-refractivity contribution < 1.29 is 5.11 Å². The van der Waals surface area contributed by atoms with Crippen LogP contribution in [0.25, 0.3) is 0 Å². The number of hydrogen-bond donors (Lipinski definition) is 1. The Morgan fingerprint density at radius 3 is 1.74 bits per heavy atom. The number of hydrogen-bond acceptors (Lipinski definition) is 1. The van der Waals surface area contributed by atoms with E-state index in [0.29, 0.717) is 0 Å². The maximum Gasteiger partial charge on any atom is 0.0751 e. The van der Waals surface area contributed by atoms with Gasteiger partial charge in [-0.05, 0) is 44.9 Å². The van der Waals surface area contributed by atoms with Crippen LogP contribution in [0.4, 0.5) is 0 Å². The Labute approximate surface area is 119 Å². The molecule has 0 spiro atoms. The Balaban J connectivity index is 3.23. The lowest BCUT2D eigenvalue weighted by molar-refractivity contribution is 0.469. The first-order chi connectivity index (χ1) is 9.41. The van der Waals surface area contributed by atoms with Crippen LogP contribution in [0.1, 0.15) is 64.7 Å². The van der Waals surface area contributed by atoms with Gasteiger partial charge in [-0.2, -0.15) is 0 Å². The first-order valence-electron chi connectivity index (χ1n) is 7.66. The summed E-state index contributed by atoms with van der Waals surface area (Å²) in [6.07, 6.45) is 26.9. The van der Waals surface area contributed by atoms with E-state index in [0.717, 1.165) is 31.9 Å². The SMILES string of the molecule is CC/C=C\C/C=C\C/C=C\CCCCCCC=CO. The summed E-state index contributed by atoms with van der Waals surface area (Å²) in [4.78, 5) is 0. The van der Waals surface area contributed by atoms with Gasteiger partial charge in [0.2, 0.25) is 0 Å². The highest BCUT2D eigenvalue weighted by atomic mass is 16.2. The van der Waals surface area contributed by atoms with Crippen molar-refractivity contribution in [3.05, 3.63) is 48.8 Å². The second kappa shape index (κ2) is 16.8. The van der Waals surface area contributed by atoms with Crippen LogP contribution in [0.15, 0.2) is 48.8 Å². The third-order valence-corrected chi connectivity index (χ3v) is 2.88. The summed E-state index contributed by atoms with van der Waals surface area (Å²) in [5.41, 5.74) is 0. The summed E-state index contributed by atoms with van der Waals surface area (Å²) in [6.45, 7) is 2.16. The zero-order valence-corrected chi connectivity index (χ0v) is 12.4. The van der Waals surface area contributed by atoms with Crippen molar-refractivity contribution in [3.63, 3.8) is 0 Å². The van der Waals surface area contributed by atoms with E-state index in [1.54, 1.807) is 0 Å². The lowest BCUT2D eigenvalue weighted by Crippen LogP contribution is -1.76. The average Bonchev–Trinajstić information content (AvgIpc) is 2.43. The van der Waals surface area contributed by atoms with Crippen LogP contribution >= 0.6 is 0 Å². The van der Waals surface area contributed by atoms with E-state index in [-0.39, 0.29) is 0 Å². The molecule has 0 fully saturated rings. The molecule has 1 N–H and O–H groups in total. The lowest BCUT2D eigenvalue weighted by atomic mass is 10.1. The molecule has 108 valence electrons. The standard InChI is InChI=1S/C18H30O/c1-2-3-4-5-6-7-8-9-10-11-12-13-14-15-16-17-18-19/h3-4,6-7,9-10,17-19H,2,5,8,11-16H2,1H3/b4-3-,7-6-,10-9-,18-17?. The Morgan fingerprint density at radius 1 is 0.632 bits per heavy atom. The molecule has 0 aromatic rings. The molecule has 1 nitrogen and oxygen atoms in total. The van der Waals surface area contributed by atoms with E-state index in [2.05, 4.69) is 43.4 Å². The van der Waals surface area contributed by atoms with Gasteiger partial charge in [-0.3, -0.25) is 0 Å². The third kappa shape index (κ3) is 16.8. The van der Waals surface area contributed by atoms with E-state index in [1.165, 1.54) is 32.1 Å². The second-order valence-electron chi connectivity index (χ2n) is 4.67. The molecule has 0 aromatic carbocycles. The zero-order chi connectivity index (χ0) is 14.0. The molecule has 0 aliphatic heterocycles. The Morgan fingerprint density at radius 2 is 1.16 bits per heavy atom. The summed E-state index contributed by atoms with van der Waals surface area (Å²) in [6, 6.07) is 0. The van der Waals surface area contributed by atoms with Gasteiger partial charge < -0.3 is 5.11 Å². The number of aliphatic hydroxyl groups is 1. The molecule has 0 aromatic heterocycles. The minimum Gasteiger partial charge on any atom is -0.516 e. The molecule has 1 heteroatoms. The van der Waals surface area contributed by atoms with Crippen LogP contribution in [-0.2, 0) is 0 Å². The molecular weight excluding hydrogens is 232 g/mol. The minimum atomic E-state index is 1.00. The third-order valence-electron chi connectivity index (χ3n) is 2.88. The largest absolute Gasteiger partial charge is 0.516 e. The number of allylic oxidation sites excluding steroid dienone is 7. The van der Waals surface area contributed by atoms with E-state index in [9.17, 15) is 0 Å². The summed E-state index contributed by atoms with van der Waals surface area (Å²) >= 11 is 0. The van der Waals surface area contributed by atoms with Crippen molar-refractivity contribution in [2.24, 2.45) is 0 Å². The fourth-order valence-corrected chi connectivity index (χ4v) is 1.78. The van der Waals surface area contributed by atoms with Crippen LogP contribution in [0.3, 0.4) is 0 Å². The number of aliphatic hydroxyl groups excluding tert-OH is 1. The Hall–Kier alpha value is -1.24. The van der Waals surface area contributed by atoms with Crippen LogP contribution in [-0.4, -0.2) is 5.11 Å². The fraction of sp³-hybridized carbons (Fsp3) is 0.556. The second-order valence-corrected chi connectivity index (χ2v) is 4.67. The molecule has 0 unspecified atom stereocenters. The highest BCUT2D eigenvalue weighted by Gasteiger charge is 1.87. The lowest BCUT2D eigenvalue weighted by Gasteiger charge is -1.96. The van der Waals surface area contributed by atoms with Gasteiger partial charge in [-0.25, -0.2) is 0 Å². The highest BCUT2D eigenvalue weighted by Crippen LogP contribution is 2.06. The van der Waals surface area contributed by atoms with Crippen molar-refractivity contribution >= 4 is 0 Å². The van der Waals surface area contributed by atoms with Gasteiger partial charge in [0.1, 0.15) is 0 Å². The van der Waals surface area contributed by atoms with E-state index in [1.807, 2.05) is 6.08 Å². The Kier molecular flexibility index (Phi) is 15.7. The topological polar surface area (TPSA) is 20.2 Å². The quantitative estimate of drug-likeness (QED) is 0.250. The van der Waals surface area contributed by atoms with Crippen molar-refractivity contribution in [3.8, 4) is 0 Å². The van der Waals surface area contributed by atoms with Crippen LogP contribution in [0, 0.1) is 0 Å². The number of unbranched alkanes of at least 4 members (excludes halogenated alkanes) is 5. The molecule has 0 saturated carbocycles. The van der Waals surface area contributed by atoms with Gasteiger partial charge in [0.05, 0.1) is 6.26 Å². The molecule has 0 heterocycles. The van der Waals surface area contributed by atoms with Crippen LogP contribution in [0.5, 0.6) is 0 Å². The monoisotopic (exact) mass is 262 g/mol. The maximum atomic E-state index is 8.47. The molecule has 0 atom stereocenters. The Bertz CT molecular complexity index is 271. The smallest absolute Gasteiger partial charge is 0.0751 e. The molecule has 0 saturated heterocycles. The molecule has 0 aliphatic carbocycles. The molecule has 19 heavy (non-hydrogen) atoms. The van der Waals surface area contributed by atoms with Crippen LogP contribution in [0.2, 0.25) is 0 Å². The molecule has 0 aliphatic rings. The predicted molar refractivity (Wildman–Crippen MR) is 86.4 cm³/mol. The van der Waals surface area contributed by atoms with Gasteiger partial charge in [0.25, 0.3) is 0 Å². The summed E-state index contributed by atoms with van der Waals surface area (Å²) in [5.74, 6) is 0. The van der Waals surface area contributed by atoms with Gasteiger partial charge >= 0.3 is 0 Å². The molecule has 0 bridgehead atoms. The average molecular weight is 262 g/mol. The summed E-state index contributed by atoms with van der Waals surface area (Å²) in [7, 11) is 0. The van der Waals surface area contributed by atoms with Crippen molar-refractivity contribution in [1.82, 2.24) is 0 Å². The molecule has 0 amide bonds. The highest BCUT2D eigenvalue weighted by molar-refractivity contribution is 4.96. The number of rotatable bonds is 12. The maximum absolute atomic E-state index is 8.47. The first kappa shape index (κ1) is 17.8. The first-order valence-corrected chi connectivity index (χ1v) is 7.66. The molecular formula is C18H30O. The van der Waals surface area contributed by atoms with E-state index >= 15 is 0 Å². The van der Waals surface area contributed by atoms with Gasteiger partial charge in [-0.1, -0.05) is 62.3 Å². The fourth-order valence-electron chi connectivity index (χ4n) is 1.78. The predicted octanol–water partition coefficient (Wildman–Crippen LogP) is 6.26. The van der Waals surface area contributed by atoms with Crippen molar-refractivity contribution in [2.45, 2.75) is 64.7 Å². The summed E-state index contributed by atoms with van der Waals surface area (Å²) in [5, 5.41) is 8.47. The minimum absolute atomic E-state index is 1.00. The van der Waals surface area contributed by atoms with Gasteiger partial charge in [-0.15, -0.1) is 0 Å². The summed E-state index contributed by atoms with van der Waals surface area (Å²) < 4.78 is 0. The normalized spacial score (nSPS) is 12.7. The van der Waals surface area contributed by atoms with E-state index in [4.69, 9.17) is 5.11 Å². The molecule has 0 radical (unpaired) electrons. The van der Waals surface area contributed by atoms with Crippen LogP contribution < -0.4 is 0 Å². The van der Waals surface area contributed by atoms with Crippen molar-refractivity contribution in [1.29, 1.82) is 0 Å². The van der Waals surface area contributed by atoms with E-state index < -0.39 is 0 Å². The zero-order valence-electron chi connectivity index (χ0n) is 12.4. The molecule has 0 rings (SSSR count). The van der Waals surface area contributed by atoms with Gasteiger partial charge in [0.15, 0.2) is 0 Å².